The van der Waals surface area contributed by atoms with E-state index in [0.29, 0.717) is 22.2 Å². The Kier molecular flexibility index (Phi) is 7.74. The smallest absolute Gasteiger partial charge is 0.545 e. The number of rotatable bonds is 6. The van der Waals surface area contributed by atoms with Gasteiger partial charge in [0.15, 0.2) is 5.78 Å². The summed E-state index contributed by atoms with van der Waals surface area (Å²) in [5, 5.41) is 12.3. The van der Waals surface area contributed by atoms with Gasteiger partial charge in [0.05, 0.1) is 17.7 Å². The number of hydrogen-bond donors (Lipinski definition) is 0. The molecule has 0 amide bonds. The zero-order valence-corrected chi connectivity index (χ0v) is 20.9. The summed E-state index contributed by atoms with van der Waals surface area (Å²) in [5.74, 6) is -1.73. The molecule has 0 fully saturated rings. The molecule has 0 bridgehead atoms. The Morgan fingerprint density at radius 2 is 1.53 bits per heavy atom. The number of aliphatic carboxylic acids is 1. The number of nitrogens with zero attached hydrogens (tertiary/aromatic N) is 2. The zero-order chi connectivity index (χ0) is 22.0. The van der Waals surface area contributed by atoms with Crippen LogP contribution in [-0.2, 0) is 11.2 Å². The molecule has 0 aliphatic carbocycles. The van der Waals surface area contributed by atoms with E-state index in [4.69, 9.17) is 0 Å². The van der Waals surface area contributed by atoms with Gasteiger partial charge in [0, 0.05) is 23.1 Å². The summed E-state index contributed by atoms with van der Waals surface area (Å²) in [6.07, 6.45) is 0.170. The largest absolute Gasteiger partial charge is 1.00 e. The summed E-state index contributed by atoms with van der Waals surface area (Å²) in [6.45, 7) is 3.89. The predicted octanol–water partition coefficient (Wildman–Crippen LogP) is 0.941. The van der Waals surface area contributed by atoms with Crippen LogP contribution >= 0.6 is 11.7 Å². The Bertz CT molecular complexity index is 1330. The number of aromatic nitrogens is 2. The van der Waals surface area contributed by atoms with E-state index in [-0.39, 0.29) is 52.9 Å². The minimum absolute atomic E-state index is 0. The van der Waals surface area contributed by atoms with E-state index in [1.165, 1.54) is 0 Å². The Hall–Kier alpha value is -2.64. The van der Waals surface area contributed by atoms with E-state index in [2.05, 4.69) is 8.75 Å². The summed E-state index contributed by atoms with van der Waals surface area (Å²) in [4.78, 5) is 25.9. The van der Waals surface area contributed by atoms with Gasteiger partial charge in [0.1, 0.15) is 11.0 Å². The molecular formula is C25H19N2NaO3S. The molecule has 154 valence electrons. The number of benzene rings is 3. The van der Waals surface area contributed by atoms with Crippen molar-refractivity contribution >= 4 is 40.1 Å². The Balaban J connectivity index is 0.00000289. The number of hydrogen-bond acceptors (Lipinski definition) is 6. The molecular weight excluding hydrogens is 431 g/mol. The Labute approximate surface area is 212 Å². The van der Waals surface area contributed by atoms with E-state index < -0.39 is 5.97 Å². The van der Waals surface area contributed by atoms with Crippen LogP contribution in [0.25, 0.3) is 16.6 Å². The molecule has 0 saturated carbocycles. The molecule has 0 aliphatic rings. The molecule has 4 rings (SSSR count). The molecule has 1 heterocycles. The Morgan fingerprint density at radius 3 is 2.22 bits per heavy atom. The fourth-order valence-electron chi connectivity index (χ4n) is 3.49. The van der Waals surface area contributed by atoms with Crippen LogP contribution in [0.5, 0.6) is 0 Å². The van der Waals surface area contributed by atoms with Gasteiger partial charge in [-0.25, -0.2) is 0 Å². The number of ketones is 1. The first-order valence-corrected chi connectivity index (χ1v) is 10.5. The molecule has 0 radical (unpaired) electrons. The number of aryl methyl sites for hydroxylation is 2. The maximum Gasteiger partial charge on any atom is 1.00 e. The van der Waals surface area contributed by atoms with Crippen LogP contribution < -0.4 is 34.7 Å². The second-order valence-electron chi connectivity index (χ2n) is 7.40. The van der Waals surface area contributed by atoms with E-state index in [0.717, 1.165) is 28.4 Å². The van der Waals surface area contributed by atoms with Gasteiger partial charge in [-0.05, 0) is 54.3 Å². The summed E-state index contributed by atoms with van der Waals surface area (Å²) >= 11 is 1.05. The van der Waals surface area contributed by atoms with Crippen LogP contribution in [0.15, 0.2) is 72.3 Å². The third-order valence-electron chi connectivity index (χ3n) is 5.32. The number of carbonyl (C=O) groups excluding carboxylic acids is 2. The van der Waals surface area contributed by atoms with Gasteiger partial charge in [-0.3, -0.25) is 4.79 Å². The fraction of sp³-hybridized carbons (Fsp3) is 0.120. The third kappa shape index (κ3) is 5.05. The van der Waals surface area contributed by atoms with E-state index in [1.807, 2.05) is 50.2 Å². The number of Topliss-reactive ketones (excluding diaryl/α,β-unsaturated/α-hetero) is 1. The van der Waals surface area contributed by atoms with Crippen LogP contribution in [0.2, 0.25) is 0 Å². The molecule has 3 aromatic carbocycles. The predicted molar refractivity (Wildman–Crippen MR) is 120 cm³/mol. The molecule has 4 aromatic rings. The van der Waals surface area contributed by atoms with Gasteiger partial charge in [0.2, 0.25) is 0 Å². The molecule has 0 unspecified atom stereocenters. The van der Waals surface area contributed by atoms with E-state index >= 15 is 0 Å². The summed E-state index contributed by atoms with van der Waals surface area (Å²) in [6, 6.07) is 19.7. The van der Waals surface area contributed by atoms with E-state index in [9.17, 15) is 14.7 Å². The SMILES string of the molecule is Cc1ccc(C(=O)C(Cc2ccccc2)=C(C(=O)[O-])c2ccc3nsnc3c2)cc1C.[Na+]. The van der Waals surface area contributed by atoms with Crippen LogP contribution in [0.4, 0.5) is 0 Å². The van der Waals surface area contributed by atoms with Crippen LogP contribution in [0.3, 0.4) is 0 Å². The Morgan fingerprint density at radius 1 is 0.844 bits per heavy atom. The summed E-state index contributed by atoms with van der Waals surface area (Å²) < 4.78 is 8.36. The molecule has 0 N–H and O–H groups in total. The van der Waals surface area contributed by atoms with Crippen molar-refractivity contribution in [1.82, 2.24) is 8.75 Å². The van der Waals surface area contributed by atoms with Crippen molar-refractivity contribution in [3.63, 3.8) is 0 Å². The molecule has 5 nitrogen and oxygen atoms in total. The number of carboxylic acids is 1. The fourth-order valence-corrected chi connectivity index (χ4v) is 4.01. The normalized spacial score (nSPS) is 11.6. The summed E-state index contributed by atoms with van der Waals surface area (Å²) in [7, 11) is 0. The van der Waals surface area contributed by atoms with Gasteiger partial charge in [-0.1, -0.05) is 48.5 Å². The average Bonchev–Trinajstić information content (AvgIpc) is 3.23. The number of carbonyl (C=O) groups is 2. The standard InChI is InChI=1S/C25H20N2O3S.Na/c1-15-8-9-19(12-16(15)2)24(28)20(13-17-6-4-3-5-7-17)23(25(29)30)18-10-11-21-22(14-18)27-31-26-21;/h3-12,14H,13H2,1-2H3,(H,29,30);/q;+1/p-1. The molecule has 0 spiro atoms. The van der Waals surface area contributed by atoms with Crippen molar-refractivity contribution in [2.75, 3.05) is 0 Å². The van der Waals surface area contributed by atoms with Crippen LogP contribution in [0.1, 0.15) is 32.6 Å². The summed E-state index contributed by atoms with van der Waals surface area (Å²) in [5.41, 5.74) is 5.01. The van der Waals surface area contributed by atoms with Gasteiger partial charge >= 0.3 is 29.6 Å². The van der Waals surface area contributed by atoms with Crippen molar-refractivity contribution in [3.05, 3.63) is 100 Å². The van der Waals surface area contributed by atoms with Crippen molar-refractivity contribution in [2.24, 2.45) is 0 Å². The quantitative estimate of drug-likeness (QED) is 0.248. The molecule has 7 heteroatoms. The molecule has 32 heavy (non-hydrogen) atoms. The maximum atomic E-state index is 13.6. The first-order chi connectivity index (χ1) is 14.9. The molecule has 1 aromatic heterocycles. The van der Waals surface area contributed by atoms with Gasteiger partial charge in [0.25, 0.3) is 0 Å². The topological polar surface area (TPSA) is 83.0 Å². The number of allylic oxidation sites excluding steroid dienone is 1. The number of fused-ring (bicyclic) bond motifs is 1. The van der Waals surface area contributed by atoms with Crippen molar-refractivity contribution in [2.45, 2.75) is 20.3 Å². The monoisotopic (exact) mass is 450 g/mol. The van der Waals surface area contributed by atoms with Gasteiger partial charge < -0.3 is 9.90 Å². The van der Waals surface area contributed by atoms with Crippen LogP contribution in [-0.4, -0.2) is 20.5 Å². The second kappa shape index (κ2) is 10.3. The molecule has 0 atom stereocenters. The van der Waals surface area contributed by atoms with Gasteiger partial charge in [-0.15, -0.1) is 0 Å². The van der Waals surface area contributed by atoms with Gasteiger partial charge in [-0.2, -0.15) is 8.75 Å². The number of carboxylic acid groups (broad SMARTS) is 1. The van der Waals surface area contributed by atoms with Crippen LogP contribution in [0, 0.1) is 13.8 Å². The van der Waals surface area contributed by atoms with Crippen molar-refractivity contribution in [3.8, 4) is 0 Å². The molecule has 0 aliphatic heterocycles. The van der Waals surface area contributed by atoms with E-state index in [1.54, 1.807) is 30.3 Å². The molecule has 0 saturated heterocycles. The first kappa shape index (κ1) is 24.0. The third-order valence-corrected chi connectivity index (χ3v) is 5.87. The second-order valence-corrected chi connectivity index (χ2v) is 7.93. The average molecular weight is 450 g/mol. The minimum atomic E-state index is -1.40. The first-order valence-electron chi connectivity index (χ1n) is 9.77. The maximum absolute atomic E-state index is 13.6. The zero-order valence-electron chi connectivity index (χ0n) is 18.1. The minimum Gasteiger partial charge on any atom is -0.545 e. The van der Waals surface area contributed by atoms with Crippen molar-refractivity contribution < 1.29 is 44.3 Å². The van der Waals surface area contributed by atoms with Crippen molar-refractivity contribution in [1.29, 1.82) is 0 Å².